The molecule has 3 unspecified atom stereocenters. The molecule has 0 saturated carbocycles. The number of ether oxygens (including phenoxy) is 3. The Morgan fingerprint density at radius 3 is 1.72 bits per heavy atom. The fourth-order valence-corrected chi connectivity index (χ4v) is 2.86. The number of rotatable bonds is 13. The number of carbonyl (C=O) groups is 2. The predicted molar refractivity (Wildman–Crippen MR) is 113 cm³/mol. The van der Waals surface area contributed by atoms with Gasteiger partial charge in [0.1, 0.15) is 18.4 Å². The van der Waals surface area contributed by atoms with E-state index in [9.17, 15) is 24.0 Å². The Labute approximate surface area is 183 Å². The van der Waals surface area contributed by atoms with Crippen LogP contribution in [0.4, 0.5) is 0 Å². The molecule has 0 aliphatic rings. The van der Waals surface area contributed by atoms with Crippen molar-refractivity contribution in [1.29, 1.82) is 0 Å². The quantitative estimate of drug-likeness (QED) is 0.302. The average Bonchev–Trinajstić information content (AvgIpc) is 2.76. The van der Waals surface area contributed by atoms with Gasteiger partial charge in [0.05, 0.1) is 26.3 Å². The van der Waals surface area contributed by atoms with Gasteiger partial charge in [0, 0.05) is 12.2 Å². The fourth-order valence-electron chi connectivity index (χ4n) is 2.86. The zero-order valence-corrected chi connectivity index (χ0v) is 18.4. The number of aromatic nitrogens is 3. The van der Waals surface area contributed by atoms with Crippen LogP contribution in [0.2, 0.25) is 0 Å². The number of carbonyl (C=O) groups excluding carboxylic acids is 2. The average molecular weight is 455 g/mol. The lowest BCUT2D eigenvalue weighted by molar-refractivity contribution is -0.143. The van der Waals surface area contributed by atoms with Crippen molar-refractivity contribution in [2.45, 2.75) is 58.7 Å². The van der Waals surface area contributed by atoms with E-state index in [0.29, 0.717) is 0 Å². The van der Waals surface area contributed by atoms with Crippen molar-refractivity contribution in [3.8, 4) is 0 Å². The first-order chi connectivity index (χ1) is 15.1. The topological polar surface area (TPSA) is 148 Å². The van der Waals surface area contributed by atoms with Crippen molar-refractivity contribution in [3.63, 3.8) is 0 Å². The van der Waals surface area contributed by atoms with Crippen LogP contribution in [0.25, 0.3) is 0 Å². The minimum atomic E-state index is -1.07. The van der Waals surface area contributed by atoms with E-state index in [1.165, 1.54) is 13.8 Å². The highest BCUT2D eigenvalue weighted by Crippen LogP contribution is 2.08. The second-order valence-corrected chi connectivity index (χ2v) is 6.80. The molecule has 0 fully saturated rings. The Kier molecular flexibility index (Phi) is 10.5. The van der Waals surface area contributed by atoms with Gasteiger partial charge in [-0.1, -0.05) is 20.1 Å². The van der Waals surface area contributed by atoms with Gasteiger partial charge in [-0.05, 0) is 20.3 Å². The van der Waals surface area contributed by atoms with Crippen molar-refractivity contribution < 1.29 is 28.9 Å². The van der Waals surface area contributed by atoms with Crippen LogP contribution in [-0.4, -0.2) is 56.2 Å². The van der Waals surface area contributed by atoms with E-state index in [-0.39, 0.29) is 32.7 Å². The number of aliphatic hydroxyl groups is 1. The first-order valence-electron chi connectivity index (χ1n) is 9.95. The van der Waals surface area contributed by atoms with E-state index in [2.05, 4.69) is 13.2 Å². The van der Waals surface area contributed by atoms with Crippen LogP contribution >= 0.6 is 0 Å². The van der Waals surface area contributed by atoms with Crippen molar-refractivity contribution in [1.82, 2.24) is 13.7 Å². The van der Waals surface area contributed by atoms with Crippen LogP contribution in [0, 0.1) is 0 Å². The third-order valence-corrected chi connectivity index (χ3v) is 4.22. The van der Waals surface area contributed by atoms with Crippen LogP contribution in [-0.2, 0) is 36.9 Å². The molecule has 1 aromatic rings. The maximum Gasteiger partial charge on any atom is 0.338 e. The predicted octanol–water partition coefficient (Wildman–Crippen LogP) is -0.675. The minimum absolute atomic E-state index is 0.149. The van der Waals surface area contributed by atoms with Crippen LogP contribution < -0.4 is 17.1 Å². The number of hydrogen-bond acceptors (Lipinski definition) is 9. The lowest BCUT2D eigenvalue weighted by Crippen LogP contribution is -2.57. The standard InChI is InChI=1S/C20H29N3O9/c1-6-15(30-10-9-24)23-19(28)21(11-13(4)31-16(25)7-2)18(27)22(20(23)29)12-14(5)32-17(26)8-3/h7-8,13-15,24H,2-3,6,9-12H2,1,4-5H3. The molecule has 3 atom stereocenters. The van der Waals surface area contributed by atoms with Crippen LogP contribution in [0.3, 0.4) is 0 Å². The lowest BCUT2D eigenvalue weighted by Gasteiger charge is -2.22. The molecule has 0 spiro atoms. The molecule has 0 aliphatic heterocycles. The zero-order valence-electron chi connectivity index (χ0n) is 18.4. The molecule has 0 aliphatic carbocycles. The van der Waals surface area contributed by atoms with Crippen molar-refractivity contribution >= 4 is 11.9 Å². The van der Waals surface area contributed by atoms with Gasteiger partial charge in [-0.2, -0.15) is 0 Å². The summed E-state index contributed by atoms with van der Waals surface area (Å²) in [5.41, 5.74) is -2.92. The van der Waals surface area contributed by atoms with Gasteiger partial charge < -0.3 is 19.3 Å². The molecule has 1 N–H and O–H groups in total. The molecule has 0 aromatic carbocycles. The molecular formula is C20H29N3O9. The maximum atomic E-state index is 13.0. The minimum Gasteiger partial charge on any atom is -0.458 e. The van der Waals surface area contributed by atoms with Gasteiger partial charge >= 0.3 is 29.0 Å². The van der Waals surface area contributed by atoms with Crippen molar-refractivity contribution in [2.75, 3.05) is 13.2 Å². The number of esters is 2. The van der Waals surface area contributed by atoms with Gasteiger partial charge in [0.15, 0.2) is 0 Å². The summed E-state index contributed by atoms with van der Waals surface area (Å²) in [5.74, 6) is -1.50. The molecule has 1 aromatic heterocycles. The summed E-state index contributed by atoms with van der Waals surface area (Å²) in [6.45, 7) is 9.93. The van der Waals surface area contributed by atoms with Crippen LogP contribution in [0.15, 0.2) is 39.7 Å². The summed E-state index contributed by atoms with van der Waals surface area (Å²) < 4.78 is 17.7. The Hall–Kier alpha value is -3.25. The molecule has 0 bridgehead atoms. The normalized spacial score (nSPS) is 13.6. The van der Waals surface area contributed by atoms with Crippen LogP contribution in [0.5, 0.6) is 0 Å². The lowest BCUT2D eigenvalue weighted by atomic mass is 10.3. The molecule has 1 heterocycles. The first-order valence-corrected chi connectivity index (χ1v) is 9.95. The molecule has 1 rings (SSSR count). The van der Waals surface area contributed by atoms with Gasteiger partial charge in [0.25, 0.3) is 0 Å². The first kappa shape index (κ1) is 26.8. The van der Waals surface area contributed by atoms with Gasteiger partial charge in [-0.25, -0.2) is 37.7 Å². The smallest absolute Gasteiger partial charge is 0.338 e. The molecule has 12 heteroatoms. The molecule has 0 radical (unpaired) electrons. The number of nitrogens with zero attached hydrogens (tertiary/aromatic N) is 3. The Morgan fingerprint density at radius 2 is 1.38 bits per heavy atom. The van der Waals surface area contributed by atoms with Gasteiger partial charge in [-0.15, -0.1) is 0 Å². The highest BCUT2D eigenvalue weighted by Gasteiger charge is 2.24. The fraction of sp³-hybridized carbons (Fsp3) is 0.550. The molecular weight excluding hydrogens is 426 g/mol. The Balaban J connectivity index is 3.59. The molecule has 12 nitrogen and oxygen atoms in total. The zero-order chi connectivity index (χ0) is 24.4. The third kappa shape index (κ3) is 6.89. The number of aliphatic hydroxyl groups excluding tert-OH is 1. The molecule has 178 valence electrons. The van der Waals surface area contributed by atoms with E-state index in [1.807, 2.05) is 0 Å². The summed E-state index contributed by atoms with van der Waals surface area (Å²) in [5, 5.41) is 9.04. The van der Waals surface area contributed by atoms with Crippen molar-refractivity contribution in [3.05, 3.63) is 56.8 Å². The summed E-state index contributed by atoms with van der Waals surface area (Å²) in [7, 11) is 0. The van der Waals surface area contributed by atoms with Gasteiger partial charge in [0.2, 0.25) is 0 Å². The summed E-state index contributed by atoms with van der Waals surface area (Å²) in [6.07, 6.45) is -0.833. The summed E-state index contributed by atoms with van der Waals surface area (Å²) >= 11 is 0. The van der Waals surface area contributed by atoms with E-state index < -0.39 is 47.4 Å². The molecule has 0 amide bonds. The van der Waals surface area contributed by atoms with E-state index >= 15 is 0 Å². The van der Waals surface area contributed by atoms with E-state index in [4.69, 9.17) is 19.3 Å². The van der Waals surface area contributed by atoms with E-state index in [0.717, 1.165) is 25.9 Å². The Bertz CT molecular complexity index is 937. The highest BCUT2D eigenvalue weighted by atomic mass is 16.5. The SMILES string of the molecule is C=CC(=O)OC(C)Cn1c(=O)n(CC(C)OC(=O)C=C)c(=O)n(C(CC)OCCO)c1=O. The van der Waals surface area contributed by atoms with Gasteiger partial charge in [-0.3, -0.25) is 0 Å². The van der Waals surface area contributed by atoms with Crippen LogP contribution in [0.1, 0.15) is 33.4 Å². The Morgan fingerprint density at radius 1 is 0.938 bits per heavy atom. The monoisotopic (exact) mass is 455 g/mol. The van der Waals surface area contributed by atoms with Crippen molar-refractivity contribution in [2.24, 2.45) is 0 Å². The molecule has 0 saturated heterocycles. The largest absolute Gasteiger partial charge is 0.458 e. The number of hydrogen-bond donors (Lipinski definition) is 1. The third-order valence-electron chi connectivity index (χ3n) is 4.22. The molecule has 32 heavy (non-hydrogen) atoms. The summed E-state index contributed by atoms with van der Waals surface area (Å²) in [4.78, 5) is 62.0. The maximum absolute atomic E-state index is 13.0. The second kappa shape index (κ2) is 12.6. The summed E-state index contributed by atoms with van der Waals surface area (Å²) in [6, 6.07) is 0. The highest BCUT2D eigenvalue weighted by molar-refractivity contribution is 5.81. The second-order valence-electron chi connectivity index (χ2n) is 6.80. The van der Waals surface area contributed by atoms with E-state index in [1.54, 1.807) is 6.92 Å².